The van der Waals surface area contributed by atoms with Crippen molar-refractivity contribution in [3.63, 3.8) is 0 Å². The summed E-state index contributed by atoms with van der Waals surface area (Å²) >= 11 is 0. The number of piperidine rings is 1. The topological polar surface area (TPSA) is 29.3 Å². The van der Waals surface area contributed by atoms with Crippen LogP contribution in [0.15, 0.2) is 0 Å². The van der Waals surface area contributed by atoms with Gasteiger partial charge in [-0.05, 0) is 62.9 Å². The van der Waals surface area contributed by atoms with E-state index >= 15 is 0 Å². The molecule has 2 aliphatic carbocycles. The van der Waals surface area contributed by atoms with E-state index in [0.717, 1.165) is 11.3 Å². The Balaban J connectivity index is 1.46. The zero-order valence-electron chi connectivity index (χ0n) is 10.5. The maximum absolute atomic E-state index is 6.21. The van der Waals surface area contributed by atoms with Gasteiger partial charge in [-0.2, -0.15) is 0 Å². The van der Waals surface area contributed by atoms with Crippen molar-refractivity contribution in [1.29, 1.82) is 0 Å². The van der Waals surface area contributed by atoms with Crippen LogP contribution < -0.4 is 5.73 Å². The van der Waals surface area contributed by atoms with Gasteiger partial charge in [-0.3, -0.25) is 0 Å². The SMILES string of the molecule is NC(CN1CCC2(CCCC2)CC1)C1CC1. The third-order valence-electron chi connectivity index (χ3n) is 5.28. The first-order valence-electron chi connectivity index (χ1n) is 7.25. The summed E-state index contributed by atoms with van der Waals surface area (Å²) in [5, 5.41) is 0. The Labute approximate surface area is 99.6 Å². The molecule has 0 aromatic carbocycles. The van der Waals surface area contributed by atoms with E-state index in [4.69, 9.17) is 5.73 Å². The van der Waals surface area contributed by atoms with E-state index in [1.54, 1.807) is 0 Å². The van der Waals surface area contributed by atoms with Gasteiger partial charge < -0.3 is 10.6 Å². The average molecular weight is 222 g/mol. The zero-order chi connectivity index (χ0) is 11.0. The highest BCUT2D eigenvalue weighted by Gasteiger charge is 2.38. The lowest BCUT2D eigenvalue weighted by Crippen LogP contribution is -2.45. The summed E-state index contributed by atoms with van der Waals surface area (Å²) in [6.07, 6.45) is 11.7. The predicted octanol–water partition coefficient (Wildman–Crippen LogP) is 2.38. The summed E-state index contributed by atoms with van der Waals surface area (Å²) in [6, 6.07) is 0.470. The van der Waals surface area contributed by atoms with E-state index in [1.807, 2.05) is 0 Å². The molecule has 1 saturated heterocycles. The van der Waals surface area contributed by atoms with E-state index in [2.05, 4.69) is 4.90 Å². The molecule has 3 aliphatic rings. The van der Waals surface area contributed by atoms with Crippen molar-refractivity contribution in [2.45, 2.75) is 57.4 Å². The molecule has 0 radical (unpaired) electrons. The van der Waals surface area contributed by atoms with Crippen LogP contribution in [0.2, 0.25) is 0 Å². The largest absolute Gasteiger partial charge is 0.326 e. The molecule has 2 N–H and O–H groups in total. The number of rotatable bonds is 3. The van der Waals surface area contributed by atoms with E-state index in [1.165, 1.54) is 71.0 Å². The minimum atomic E-state index is 0.470. The lowest BCUT2D eigenvalue weighted by Gasteiger charge is -2.40. The fourth-order valence-corrected chi connectivity index (χ4v) is 3.81. The molecule has 0 aromatic heterocycles. The quantitative estimate of drug-likeness (QED) is 0.794. The highest BCUT2D eigenvalue weighted by molar-refractivity contribution is 4.92. The van der Waals surface area contributed by atoms with Crippen molar-refractivity contribution in [2.24, 2.45) is 17.1 Å². The normalized spacial score (nSPS) is 32.1. The highest BCUT2D eigenvalue weighted by Crippen LogP contribution is 2.46. The molecule has 2 nitrogen and oxygen atoms in total. The first-order chi connectivity index (χ1) is 7.77. The molecule has 1 aliphatic heterocycles. The van der Waals surface area contributed by atoms with Gasteiger partial charge in [0.2, 0.25) is 0 Å². The molecule has 2 saturated carbocycles. The minimum absolute atomic E-state index is 0.470. The zero-order valence-corrected chi connectivity index (χ0v) is 10.5. The summed E-state index contributed by atoms with van der Waals surface area (Å²) in [6.45, 7) is 3.81. The Hall–Kier alpha value is -0.0800. The van der Waals surface area contributed by atoms with Gasteiger partial charge in [-0.25, -0.2) is 0 Å². The third kappa shape index (κ3) is 2.28. The molecular formula is C14H26N2. The third-order valence-corrected chi connectivity index (χ3v) is 5.28. The number of nitrogens with zero attached hydrogens (tertiary/aromatic N) is 1. The molecule has 0 bridgehead atoms. The van der Waals surface area contributed by atoms with Crippen LogP contribution in [0.4, 0.5) is 0 Å². The van der Waals surface area contributed by atoms with Gasteiger partial charge in [-0.15, -0.1) is 0 Å². The molecular weight excluding hydrogens is 196 g/mol. The molecule has 16 heavy (non-hydrogen) atoms. The molecule has 0 amide bonds. The van der Waals surface area contributed by atoms with Crippen LogP contribution in [0.1, 0.15) is 51.4 Å². The van der Waals surface area contributed by atoms with Crippen LogP contribution in [0.25, 0.3) is 0 Å². The highest BCUT2D eigenvalue weighted by atomic mass is 15.1. The second kappa shape index (κ2) is 4.30. The molecule has 1 atom stereocenters. The van der Waals surface area contributed by atoms with Gasteiger partial charge in [0.25, 0.3) is 0 Å². The second-order valence-corrected chi connectivity index (χ2v) is 6.51. The van der Waals surface area contributed by atoms with E-state index in [-0.39, 0.29) is 0 Å². The fraction of sp³-hybridized carbons (Fsp3) is 1.00. The Morgan fingerprint density at radius 1 is 1.06 bits per heavy atom. The Kier molecular flexibility index (Phi) is 2.97. The number of hydrogen-bond acceptors (Lipinski definition) is 2. The Morgan fingerprint density at radius 2 is 1.69 bits per heavy atom. The second-order valence-electron chi connectivity index (χ2n) is 6.51. The maximum atomic E-state index is 6.21. The fourth-order valence-electron chi connectivity index (χ4n) is 3.81. The van der Waals surface area contributed by atoms with E-state index < -0.39 is 0 Å². The summed E-state index contributed by atoms with van der Waals surface area (Å²) < 4.78 is 0. The molecule has 3 rings (SSSR count). The lowest BCUT2D eigenvalue weighted by atomic mass is 9.77. The van der Waals surface area contributed by atoms with Crippen LogP contribution in [0.3, 0.4) is 0 Å². The molecule has 92 valence electrons. The molecule has 1 spiro atoms. The van der Waals surface area contributed by atoms with Crippen molar-refractivity contribution >= 4 is 0 Å². The van der Waals surface area contributed by atoms with Crippen LogP contribution in [0.5, 0.6) is 0 Å². The van der Waals surface area contributed by atoms with Gasteiger partial charge in [0.15, 0.2) is 0 Å². The minimum Gasteiger partial charge on any atom is -0.326 e. The van der Waals surface area contributed by atoms with Crippen molar-refractivity contribution in [1.82, 2.24) is 4.90 Å². The van der Waals surface area contributed by atoms with Crippen molar-refractivity contribution < 1.29 is 0 Å². The summed E-state index contributed by atoms with van der Waals surface area (Å²) in [7, 11) is 0. The summed E-state index contributed by atoms with van der Waals surface area (Å²) in [5.41, 5.74) is 6.98. The Morgan fingerprint density at radius 3 is 2.25 bits per heavy atom. The smallest absolute Gasteiger partial charge is 0.0196 e. The van der Waals surface area contributed by atoms with Crippen LogP contribution in [-0.4, -0.2) is 30.6 Å². The predicted molar refractivity (Wildman–Crippen MR) is 67.3 cm³/mol. The molecule has 1 heterocycles. The van der Waals surface area contributed by atoms with Gasteiger partial charge in [-0.1, -0.05) is 12.8 Å². The van der Waals surface area contributed by atoms with Crippen LogP contribution >= 0.6 is 0 Å². The van der Waals surface area contributed by atoms with E-state index in [0.29, 0.717) is 6.04 Å². The van der Waals surface area contributed by atoms with Gasteiger partial charge in [0.1, 0.15) is 0 Å². The number of likely N-dealkylation sites (tertiary alicyclic amines) is 1. The van der Waals surface area contributed by atoms with Gasteiger partial charge >= 0.3 is 0 Å². The molecule has 2 heteroatoms. The van der Waals surface area contributed by atoms with Crippen LogP contribution in [-0.2, 0) is 0 Å². The first kappa shape index (κ1) is 11.0. The summed E-state index contributed by atoms with van der Waals surface area (Å²) in [5.74, 6) is 0.863. The van der Waals surface area contributed by atoms with Gasteiger partial charge in [0, 0.05) is 12.6 Å². The Bertz CT molecular complexity index is 231. The number of hydrogen-bond donors (Lipinski definition) is 1. The molecule has 0 aromatic rings. The molecule has 3 fully saturated rings. The van der Waals surface area contributed by atoms with Crippen LogP contribution in [0, 0.1) is 11.3 Å². The maximum Gasteiger partial charge on any atom is 0.0196 e. The van der Waals surface area contributed by atoms with E-state index in [9.17, 15) is 0 Å². The van der Waals surface area contributed by atoms with Crippen molar-refractivity contribution in [3.8, 4) is 0 Å². The molecule has 1 unspecified atom stereocenters. The summed E-state index contributed by atoms with van der Waals surface area (Å²) in [4.78, 5) is 2.63. The number of nitrogens with two attached hydrogens (primary N) is 1. The van der Waals surface area contributed by atoms with Gasteiger partial charge in [0.05, 0.1) is 0 Å². The van der Waals surface area contributed by atoms with Crippen molar-refractivity contribution in [3.05, 3.63) is 0 Å². The first-order valence-corrected chi connectivity index (χ1v) is 7.25. The van der Waals surface area contributed by atoms with Crippen molar-refractivity contribution in [2.75, 3.05) is 19.6 Å². The average Bonchev–Trinajstić information content (AvgIpc) is 3.05. The monoisotopic (exact) mass is 222 g/mol. The lowest BCUT2D eigenvalue weighted by molar-refractivity contribution is 0.102. The standard InChI is InChI=1S/C14H26N2/c15-13(12-3-4-12)11-16-9-7-14(8-10-16)5-1-2-6-14/h12-13H,1-11,15H2.